The lowest BCUT2D eigenvalue weighted by atomic mass is 10.2. The van der Waals surface area contributed by atoms with Gasteiger partial charge in [0.15, 0.2) is 5.75 Å². The molecule has 0 aliphatic carbocycles. The molecule has 1 rings (SSSR count). The highest BCUT2D eigenvalue weighted by Crippen LogP contribution is 2.33. The highest BCUT2D eigenvalue weighted by atomic mass is 35.5. The fourth-order valence-electron chi connectivity index (χ4n) is 1.45. The predicted molar refractivity (Wildman–Crippen MR) is 71.8 cm³/mol. The quantitative estimate of drug-likeness (QED) is 0.820. The summed E-state index contributed by atoms with van der Waals surface area (Å²) in [6, 6.07) is 3.15. The zero-order valence-electron chi connectivity index (χ0n) is 10.3. The number of hydrogen-bond acceptors (Lipinski definition) is 3. The van der Waals surface area contributed by atoms with Crippen molar-refractivity contribution >= 4 is 29.1 Å². The molecule has 18 heavy (non-hydrogen) atoms. The number of methoxy groups -OCH3 is 2. The van der Waals surface area contributed by atoms with Crippen molar-refractivity contribution in [2.45, 2.75) is 6.42 Å². The molecule has 1 aromatic carbocycles. The van der Waals surface area contributed by atoms with Gasteiger partial charge in [0, 0.05) is 20.3 Å². The van der Waals surface area contributed by atoms with Gasteiger partial charge in [0.05, 0.1) is 17.2 Å². The van der Waals surface area contributed by atoms with Crippen LogP contribution in [0, 0.1) is 0 Å². The second-order valence-electron chi connectivity index (χ2n) is 3.54. The van der Waals surface area contributed by atoms with Crippen LogP contribution in [0.5, 0.6) is 5.75 Å². The topological polar surface area (TPSA) is 47.6 Å². The fourth-order valence-corrected chi connectivity index (χ4v) is 1.92. The van der Waals surface area contributed by atoms with Crippen LogP contribution in [0.3, 0.4) is 0 Å². The Kier molecular flexibility index (Phi) is 6.25. The Morgan fingerprint density at radius 2 is 1.94 bits per heavy atom. The molecule has 0 fully saturated rings. The van der Waals surface area contributed by atoms with Crippen molar-refractivity contribution in [2.75, 3.05) is 27.4 Å². The molecule has 0 aliphatic rings. The third-order valence-electron chi connectivity index (χ3n) is 2.30. The first-order valence-corrected chi connectivity index (χ1v) is 6.16. The molecule has 1 N–H and O–H groups in total. The Morgan fingerprint density at radius 1 is 1.28 bits per heavy atom. The van der Waals surface area contributed by atoms with Crippen molar-refractivity contribution in [3.63, 3.8) is 0 Å². The summed E-state index contributed by atoms with van der Waals surface area (Å²) in [5.41, 5.74) is 0.254. The first kappa shape index (κ1) is 15.1. The van der Waals surface area contributed by atoms with E-state index < -0.39 is 0 Å². The van der Waals surface area contributed by atoms with Gasteiger partial charge in [-0.05, 0) is 18.6 Å². The van der Waals surface area contributed by atoms with E-state index in [9.17, 15) is 4.79 Å². The number of hydrogen-bond donors (Lipinski definition) is 1. The van der Waals surface area contributed by atoms with Crippen LogP contribution >= 0.6 is 23.2 Å². The molecule has 0 bridgehead atoms. The molecule has 0 atom stereocenters. The molecule has 0 aromatic heterocycles. The zero-order chi connectivity index (χ0) is 13.5. The van der Waals surface area contributed by atoms with Crippen LogP contribution < -0.4 is 10.1 Å². The van der Waals surface area contributed by atoms with Crippen molar-refractivity contribution in [2.24, 2.45) is 0 Å². The highest BCUT2D eigenvalue weighted by molar-refractivity contribution is 6.37. The summed E-state index contributed by atoms with van der Waals surface area (Å²) in [7, 11) is 3.05. The maximum atomic E-state index is 12.0. The zero-order valence-corrected chi connectivity index (χ0v) is 11.8. The van der Waals surface area contributed by atoms with Crippen LogP contribution in [0.1, 0.15) is 16.8 Å². The third-order valence-corrected chi connectivity index (χ3v) is 2.91. The van der Waals surface area contributed by atoms with Gasteiger partial charge in [-0.15, -0.1) is 0 Å². The van der Waals surface area contributed by atoms with Crippen molar-refractivity contribution in [1.82, 2.24) is 5.32 Å². The largest absolute Gasteiger partial charge is 0.494 e. The van der Waals surface area contributed by atoms with Crippen molar-refractivity contribution in [3.05, 3.63) is 27.7 Å². The third kappa shape index (κ3) is 3.77. The maximum absolute atomic E-state index is 12.0. The molecule has 4 nitrogen and oxygen atoms in total. The minimum absolute atomic E-state index is 0.254. The molecule has 0 saturated carbocycles. The van der Waals surface area contributed by atoms with E-state index in [2.05, 4.69) is 5.32 Å². The Balaban J connectivity index is 2.81. The number of halogens is 2. The molecule has 6 heteroatoms. The van der Waals surface area contributed by atoms with E-state index in [-0.39, 0.29) is 17.2 Å². The van der Waals surface area contributed by atoms with Crippen LogP contribution in [-0.4, -0.2) is 33.3 Å². The van der Waals surface area contributed by atoms with Gasteiger partial charge in [-0.1, -0.05) is 23.2 Å². The Morgan fingerprint density at radius 3 is 2.56 bits per heavy atom. The van der Waals surface area contributed by atoms with Crippen molar-refractivity contribution in [3.8, 4) is 5.75 Å². The van der Waals surface area contributed by atoms with Gasteiger partial charge in [0.1, 0.15) is 5.56 Å². The Labute approximate surface area is 116 Å². The van der Waals surface area contributed by atoms with Gasteiger partial charge in [0.2, 0.25) is 0 Å². The number of carbonyl (C=O) groups is 1. The molecule has 1 aromatic rings. The summed E-state index contributed by atoms with van der Waals surface area (Å²) in [4.78, 5) is 12.0. The van der Waals surface area contributed by atoms with E-state index in [0.29, 0.717) is 23.2 Å². The van der Waals surface area contributed by atoms with Gasteiger partial charge < -0.3 is 14.8 Å². The number of nitrogens with one attached hydrogen (secondary N) is 1. The number of benzene rings is 1. The van der Waals surface area contributed by atoms with Gasteiger partial charge in [-0.3, -0.25) is 4.79 Å². The first-order chi connectivity index (χ1) is 8.61. The lowest BCUT2D eigenvalue weighted by Gasteiger charge is -2.12. The Bertz CT molecular complexity index is 424. The van der Waals surface area contributed by atoms with E-state index in [1.54, 1.807) is 19.2 Å². The van der Waals surface area contributed by atoms with E-state index in [4.69, 9.17) is 32.7 Å². The van der Waals surface area contributed by atoms with Crippen LogP contribution in [0.4, 0.5) is 0 Å². The van der Waals surface area contributed by atoms with Crippen LogP contribution in [-0.2, 0) is 4.74 Å². The molecule has 1 amide bonds. The van der Waals surface area contributed by atoms with Gasteiger partial charge >= 0.3 is 0 Å². The van der Waals surface area contributed by atoms with Gasteiger partial charge in [-0.2, -0.15) is 0 Å². The van der Waals surface area contributed by atoms with E-state index in [0.717, 1.165) is 6.42 Å². The summed E-state index contributed by atoms with van der Waals surface area (Å²) < 4.78 is 10.00. The van der Waals surface area contributed by atoms with Crippen molar-refractivity contribution in [1.29, 1.82) is 0 Å². The average Bonchev–Trinajstić information content (AvgIpc) is 2.36. The van der Waals surface area contributed by atoms with E-state index >= 15 is 0 Å². The summed E-state index contributed by atoms with van der Waals surface area (Å²) in [5, 5.41) is 3.39. The summed E-state index contributed by atoms with van der Waals surface area (Å²) in [5.74, 6) is -0.0242. The second kappa shape index (κ2) is 7.46. The predicted octanol–water partition coefficient (Wildman–Crippen LogP) is 2.77. The molecule has 0 aliphatic heterocycles. The molecule has 0 saturated heterocycles. The molecule has 100 valence electrons. The molecule has 0 radical (unpaired) electrons. The van der Waals surface area contributed by atoms with Gasteiger partial charge in [-0.25, -0.2) is 0 Å². The number of carbonyl (C=O) groups excluding carboxylic acids is 1. The van der Waals surface area contributed by atoms with Crippen LogP contribution in [0.15, 0.2) is 12.1 Å². The second-order valence-corrected chi connectivity index (χ2v) is 4.35. The van der Waals surface area contributed by atoms with E-state index in [1.165, 1.54) is 7.11 Å². The minimum atomic E-state index is -0.310. The van der Waals surface area contributed by atoms with E-state index in [1.807, 2.05) is 0 Å². The number of ether oxygens (including phenoxy) is 2. The smallest absolute Gasteiger partial charge is 0.256 e. The standard InChI is InChI=1S/C12H15Cl2NO3/c1-17-7-3-6-15-12(16)10-8(13)4-5-9(14)11(10)18-2/h4-5H,3,6-7H2,1-2H3,(H,15,16). The summed E-state index contributed by atoms with van der Waals surface area (Å²) in [6.45, 7) is 1.08. The number of amides is 1. The molecule has 0 unspecified atom stereocenters. The average molecular weight is 292 g/mol. The Hall–Kier alpha value is -0.970. The molecular formula is C12H15Cl2NO3. The maximum Gasteiger partial charge on any atom is 0.256 e. The summed E-state index contributed by atoms with van der Waals surface area (Å²) >= 11 is 11.9. The minimum Gasteiger partial charge on any atom is -0.494 e. The van der Waals surface area contributed by atoms with Crippen LogP contribution in [0.2, 0.25) is 10.0 Å². The normalized spacial score (nSPS) is 10.2. The van der Waals surface area contributed by atoms with Crippen molar-refractivity contribution < 1.29 is 14.3 Å². The lowest BCUT2D eigenvalue weighted by Crippen LogP contribution is -2.26. The molecule has 0 heterocycles. The molecular weight excluding hydrogens is 277 g/mol. The SMILES string of the molecule is COCCCNC(=O)c1c(Cl)ccc(Cl)c1OC. The van der Waals surface area contributed by atoms with Gasteiger partial charge in [0.25, 0.3) is 5.91 Å². The fraction of sp³-hybridized carbons (Fsp3) is 0.417. The highest BCUT2D eigenvalue weighted by Gasteiger charge is 2.18. The molecule has 0 spiro atoms. The summed E-state index contributed by atoms with van der Waals surface area (Å²) in [6.07, 6.45) is 0.725. The monoisotopic (exact) mass is 291 g/mol. The first-order valence-electron chi connectivity index (χ1n) is 5.41. The lowest BCUT2D eigenvalue weighted by molar-refractivity contribution is 0.0946. The number of rotatable bonds is 6. The van der Waals surface area contributed by atoms with Crippen LogP contribution in [0.25, 0.3) is 0 Å².